The lowest BCUT2D eigenvalue weighted by molar-refractivity contribution is 0.318. The fourth-order valence-corrected chi connectivity index (χ4v) is 4.73. The molecule has 0 saturated heterocycles. The van der Waals surface area contributed by atoms with Crippen LogP contribution in [0.1, 0.15) is 47.1 Å². The molecule has 5 rings (SSSR count). The van der Waals surface area contributed by atoms with Crippen molar-refractivity contribution in [3.05, 3.63) is 99.0 Å². The lowest BCUT2D eigenvalue weighted by atomic mass is 9.74. The van der Waals surface area contributed by atoms with Crippen molar-refractivity contribution in [2.45, 2.75) is 32.1 Å². The van der Waals surface area contributed by atoms with Crippen LogP contribution in [0, 0.1) is 0 Å². The maximum atomic E-state index is 7.57. The predicted octanol–water partition coefficient (Wildman–Crippen LogP) is 6.76. The van der Waals surface area contributed by atoms with Gasteiger partial charge in [-0.1, -0.05) is 76.6 Å². The van der Waals surface area contributed by atoms with Gasteiger partial charge in [0.05, 0.1) is 0 Å². The molecule has 0 radical (unpaired) electrons. The van der Waals surface area contributed by atoms with Crippen LogP contribution in [0.2, 0.25) is 0 Å². The number of allylic oxidation sites excluding steroid dienone is 1. The smallest absolute Gasteiger partial charge is 0.0402 e. The Labute approximate surface area is 175 Å². The zero-order valence-electron chi connectivity index (χ0n) is 16.2. The Hall–Kier alpha value is -2.16. The molecule has 1 nitrogen and oxygen atoms in total. The quantitative estimate of drug-likeness (QED) is 0.450. The van der Waals surface area contributed by atoms with Crippen molar-refractivity contribution in [1.82, 2.24) is 0 Å². The molecule has 3 aromatic rings. The minimum absolute atomic E-state index is 0.250. The topological polar surface area (TPSA) is 20.2 Å². The Bertz CT molecular complexity index is 1000. The first-order valence-electron chi connectivity index (χ1n) is 9.99. The number of hydrogen-bond acceptors (Lipinski definition) is 1. The Morgan fingerprint density at radius 3 is 2.46 bits per heavy atom. The van der Waals surface area contributed by atoms with Crippen LogP contribution in [-0.2, 0) is 12.8 Å². The maximum Gasteiger partial charge on any atom is 0.0402 e. The highest BCUT2D eigenvalue weighted by molar-refractivity contribution is 9.10. The van der Waals surface area contributed by atoms with Crippen LogP contribution in [0.4, 0.5) is 0 Å². The van der Waals surface area contributed by atoms with Crippen LogP contribution in [0.25, 0.3) is 17.2 Å². The fraction of sp³-hybridized carbons (Fsp3) is 0.231. The van der Waals surface area contributed by atoms with E-state index in [1.807, 2.05) is 0 Å². The summed E-state index contributed by atoms with van der Waals surface area (Å²) in [4.78, 5) is 0. The van der Waals surface area contributed by atoms with E-state index in [1.165, 1.54) is 27.8 Å². The zero-order chi connectivity index (χ0) is 19.5. The van der Waals surface area contributed by atoms with Gasteiger partial charge in [0.1, 0.15) is 0 Å². The van der Waals surface area contributed by atoms with Gasteiger partial charge >= 0.3 is 0 Å². The first kappa shape index (κ1) is 19.2. The molecule has 0 saturated carbocycles. The molecule has 28 heavy (non-hydrogen) atoms. The van der Waals surface area contributed by atoms with Gasteiger partial charge in [0.25, 0.3) is 0 Å². The van der Waals surface area contributed by atoms with Crippen molar-refractivity contribution >= 4 is 22.0 Å². The number of aliphatic hydroxyl groups is 1. The summed E-state index contributed by atoms with van der Waals surface area (Å²) in [5, 5.41) is 7.57. The Kier molecular flexibility index (Phi) is 5.79. The summed E-state index contributed by atoms with van der Waals surface area (Å²) >= 11 is 3.57. The van der Waals surface area contributed by atoms with Gasteiger partial charge in [-0.15, -0.1) is 0 Å². The van der Waals surface area contributed by atoms with E-state index in [0.717, 1.165) is 23.7 Å². The molecule has 1 unspecified atom stereocenters. The summed E-state index contributed by atoms with van der Waals surface area (Å²) in [5.41, 5.74) is 10.3. The third-order valence-electron chi connectivity index (χ3n) is 5.63. The Morgan fingerprint density at radius 1 is 0.929 bits per heavy atom. The monoisotopic (exact) mass is 432 g/mol. The second-order valence-corrected chi connectivity index (χ2v) is 8.23. The lowest BCUT2D eigenvalue weighted by Gasteiger charge is -2.30. The van der Waals surface area contributed by atoms with Crippen molar-refractivity contribution in [2.75, 3.05) is 6.61 Å². The van der Waals surface area contributed by atoms with Gasteiger partial charge in [0.15, 0.2) is 0 Å². The molecule has 1 atom stereocenters. The second kappa shape index (κ2) is 8.46. The predicted molar refractivity (Wildman–Crippen MR) is 122 cm³/mol. The van der Waals surface area contributed by atoms with Crippen molar-refractivity contribution in [2.24, 2.45) is 0 Å². The van der Waals surface area contributed by atoms with Crippen LogP contribution < -0.4 is 0 Å². The van der Waals surface area contributed by atoms with E-state index in [1.54, 1.807) is 18.1 Å². The Balaban J connectivity index is 0.000000604. The molecule has 2 aliphatic carbocycles. The van der Waals surface area contributed by atoms with Gasteiger partial charge < -0.3 is 5.11 Å². The molecule has 0 fully saturated rings. The summed E-state index contributed by atoms with van der Waals surface area (Å²) in [6.07, 6.45) is 8.03. The molecule has 2 aliphatic rings. The van der Waals surface area contributed by atoms with Crippen LogP contribution in [0.5, 0.6) is 0 Å². The summed E-state index contributed by atoms with van der Waals surface area (Å²) in [6.45, 7) is 1.93. The molecule has 0 bridgehead atoms. The summed E-state index contributed by atoms with van der Waals surface area (Å²) < 4.78 is 1.15. The average molecular weight is 433 g/mol. The van der Waals surface area contributed by atoms with Crippen molar-refractivity contribution in [3.63, 3.8) is 0 Å². The molecule has 0 spiro atoms. The van der Waals surface area contributed by atoms with Crippen molar-refractivity contribution in [1.29, 1.82) is 0 Å². The summed E-state index contributed by atoms with van der Waals surface area (Å²) in [5.74, 6) is 0.466. The number of fused-ring (bicyclic) bond motifs is 5. The van der Waals surface area contributed by atoms with E-state index in [0.29, 0.717) is 5.92 Å². The maximum absolute atomic E-state index is 7.57. The number of halogens is 1. The van der Waals surface area contributed by atoms with E-state index in [-0.39, 0.29) is 6.61 Å². The molecule has 142 valence electrons. The summed E-state index contributed by atoms with van der Waals surface area (Å²) in [7, 11) is 0. The lowest BCUT2D eigenvalue weighted by Crippen LogP contribution is -2.14. The first-order chi connectivity index (χ1) is 13.7. The fourth-order valence-electron chi connectivity index (χ4n) is 4.47. The molecule has 1 N–H and O–H groups in total. The van der Waals surface area contributed by atoms with Gasteiger partial charge in [0.2, 0.25) is 0 Å². The highest BCUT2D eigenvalue weighted by Crippen LogP contribution is 2.44. The van der Waals surface area contributed by atoms with Crippen LogP contribution in [0.3, 0.4) is 0 Å². The highest BCUT2D eigenvalue weighted by Gasteiger charge is 2.26. The van der Waals surface area contributed by atoms with E-state index < -0.39 is 0 Å². The molecule has 0 amide bonds. The van der Waals surface area contributed by atoms with Gasteiger partial charge in [-0.3, -0.25) is 0 Å². The van der Waals surface area contributed by atoms with Crippen LogP contribution in [-0.4, -0.2) is 11.7 Å². The molecule has 3 aromatic carbocycles. The number of hydrogen-bond donors (Lipinski definition) is 1. The second-order valence-electron chi connectivity index (χ2n) is 7.31. The number of aryl methyl sites for hydroxylation is 1. The van der Waals surface area contributed by atoms with Crippen molar-refractivity contribution < 1.29 is 5.11 Å². The van der Waals surface area contributed by atoms with Crippen LogP contribution in [0.15, 0.2) is 71.2 Å². The van der Waals surface area contributed by atoms with Gasteiger partial charge in [-0.2, -0.15) is 0 Å². The number of aliphatic hydroxyl groups excluding tert-OH is 1. The van der Waals surface area contributed by atoms with Crippen LogP contribution >= 0.6 is 15.9 Å². The van der Waals surface area contributed by atoms with Gasteiger partial charge in [0, 0.05) is 17.0 Å². The van der Waals surface area contributed by atoms with E-state index in [9.17, 15) is 0 Å². The number of benzene rings is 3. The third kappa shape index (κ3) is 3.59. The normalized spacial score (nSPS) is 16.3. The molecule has 2 heteroatoms. The zero-order valence-corrected chi connectivity index (χ0v) is 17.7. The highest BCUT2D eigenvalue weighted by atomic mass is 79.9. The van der Waals surface area contributed by atoms with Gasteiger partial charge in [-0.25, -0.2) is 0 Å². The van der Waals surface area contributed by atoms with E-state index in [4.69, 9.17) is 5.11 Å². The average Bonchev–Trinajstić information content (AvgIpc) is 2.74. The third-order valence-corrected chi connectivity index (χ3v) is 6.16. The molecular formula is C26H25BrO. The van der Waals surface area contributed by atoms with Gasteiger partial charge in [-0.05, 0) is 77.3 Å². The minimum atomic E-state index is 0.250. The Morgan fingerprint density at radius 2 is 1.68 bits per heavy atom. The first-order valence-corrected chi connectivity index (χ1v) is 10.8. The SMILES string of the molecule is Brc1ccc(C2CC=Cc3ccc4c(c32)CCc2ccccc2-4)cc1.CCO. The molecule has 0 aliphatic heterocycles. The molecular weight excluding hydrogens is 408 g/mol. The van der Waals surface area contributed by atoms with Crippen molar-refractivity contribution in [3.8, 4) is 11.1 Å². The molecule has 0 heterocycles. The summed E-state index contributed by atoms with van der Waals surface area (Å²) in [6, 6.07) is 22.4. The standard InChI is InChI=1S/C24H19Br.C2H6O/c25-19-12-8-17(9-13-19)21-7-3-5-18-11-14-22-20-6-2-1-4-16(20)10-15-23(22)24(18)21;1-2-3/h1-6,8-9,11-14,21H,7,10,15H2;3H,2H2,1H3. The molecule has 0 aromatic heterocycles. The van der Waals surface area contributed by atoms with E-state index >= 15 is 0 Å². The number of rotatable bonds is 1. The van der Waals surface area contributed by atoms with E-state index in [2.05, 4.69) is 88.7 Å². The minimum Gasteiger partial charge on any atom is -0.397 e. The largest absolute Gasteiger partial charge is 0.397 e.